The highest BCUT2D eigenvalue weighted by molar-refractivity contribution is 14.1. The second-order valence-corrected chi connectivity index (χ2v) is 6.44. The van der Waals surface area contributed by atoms with Crippen molar-refractivity contribution in [2.75, 3.05) is 6.54 Å². The lowest BCUT2D eigenvalue weighted by atomic mass is 10.0. The molecule has 0 amide bonds. The van der Waals surface area contributed by atoms with Gasteiger partial charge in [0.1, 0.15) is 11.3 Å². The third kappa shape index (κ3) is 3.10. The molecule has 0 bridgehead atoms. The Morgan fingerprint density at radius 2 is 2.00 bits per heavy atom. The summed E-state index contributed by atoms with van der Waals surface area (Å²) >= 11 is 8.42. The van der Waals surface area contributed by atoms with Crippen LogP contribution in [0.4, 0.5) is 0 Å². The maximum Gasteiger partial charge on any atom is 0.134 e. The summed E-state index contributed by atoms with van der Waals surface area (Å²) in [7, 11) is 0. The van der Waals surface area contributed by atoms with Crippen LogP contribution in [0.25, 0.3) is 11.0 Å². The van der Waals surface area contributed by atoms with Gasteiger partial charge < -0.3 is 9.73 Å². The van der Waals surface area contributed by atoms with E-state index in [2.05, 4.69) is 59.1 Å². The highest BCUT2D eigenvalue weighted by atomic mass is 127. The first-order valence-corrected chi connectivity index (χ1v) is 8.31. The van der Waals surface area contributed by atoms with E-state index in [0.717, 1.165) is 28.3 Å². The van der Waals surface area contributed by atoms with Crippen LogP contribution in [-0.4, -0.2) is 6.54 Å². The first-order chi connectivity index (χ1) is 10.2. The molecule has 0 radical (unpaired) electrons. The molecule has 2 nitrogen and oxygen atoms in total. The van der Waals surface area contributed by atoms with Crippen LogP contribution >= 0.6 is 34.2 Å². The Kier molecular flexibility index (Phi) is 4.52. The van der Waals surface area contributed by atoms with Gasteiger partial charge in [0.15, 0.2) is 0 Å². The maximum absolute atomic E-state index is 6.05. The average Bonchev–Trinajstić information content (AvgIpc) is 2.88. The Labute approximate surface area is 142 Å². The summed E-state index contributed by atoms with van der Waals surface area (Å²) in [5.74, 6) is 0.915. The van der Waals surface area contributed by atoms with Crippen molar-refractivity contribution in [2.24, 2.45) is 0 Å². The van der Waals surface area contributed by atoms with Gasteiger partial charge in [0.2, 0.25) is 0 Å². The molecular weight excluding hydrogens is 397 g/mol. The van der Waals surface area contributed by atoms with Gasteiger partial charge in [0.25, 0.3) is 0 Å². The number of rotatable bonds is 4. The van der Waals surface area contributed by atoms with E-state index in [9.17, 15) is 0 Å². The number of hydrogen-bond acceptors (Lipinski definition) is 2. The molecule has 0 saturated carbocycles. The second-order valence-electron chi connectivity index (χ2n) is 4.84. The van der Waals surface area contributed by atoms with Gasteiger partial charge in [-0.25, -0.2) is 0 Å². The van der Waals surface area contributed by atoms with Gasteiger partial charge in [-0.1, -0.05) is 36.7 Å². The van der Waals surface area contributed by atoms with Crippen LogP contribution < -0.4 is 5.32 Å². The largest absolute Gasteiger partial charge is 0.459 e. The summed E-state index contributed by atoms with van der Waals surface area (Å²) in [5.41, 5.74) is 2.09. The van der Waals surface area contributed by atoms with Crippen molar-refractivity contribution >= 4 is 45.2 Å². The molecule has 0 aliphatic rings. The Morgan fingerprint density at radius 1 is 1.19 bits per heavy atom. The molecule has 3 rings (SSSR count). The van der Waals surface area contributed by atoms with Gasteiger partial charge in [-0.05, 0) is 65.0 Å². The molecule has 1 atom stereocenters. The van der Waals surface area contributed by atoms with Gasteiger partial charge in [0.05, 0.1) is 6.04 Å². The second kappa shape index (κ2) is 6.38. The molecule has 0 fully saturated rings. The van der Waals surface area contributed by atoms with Crippen LogP contribution in [0, 0.1) is 3.57 Å². The fourth-order valence-electron chi connectivity index (χ4n) is 2.45. The number of fused-ring (bicyclic) bond motifs is 1. The van der Waals surface area contributed by atoms with Crippen LogP contribution in [0.2, 0.25) is 5.02 Å². The maximum atomic E-state index is 6.05. The molecule has 4 heteroatoms. The van der Waals surface area contributed by atoms with Gasteiger partial charge in [0, 0.05) is 14.0 Å². The summed E-state index contributed by atoms with van der Waals surface area (Å²) in [5, 5.41) is 5.26. The number of hydrogen-bond donors (Lipinski definition) is 1. The third-order valence-corrected chi connectivity index (χ3v) is 4.62. The predicted octanol–water partition coefficient (Wildman–Crippen LogP) is 5.39. The quantitative estimate of drug-likeness (QED) is 0.582. The van der Waals surface area contributed by atoms with E-state index in [-0.39, 0.29) is 6.04 Å². The van der Waals surface area contributed by atoms with Crippen LogP contribution in [-0.2, 0) is 0 Å². The topological polar surface area (TPSA) is 25.2 Å². The number of furan rings is 1. The molecule has 0 aliphatic carbocycles. The standard InChI is InChI=1S/C17H15ClINO/c1-2-20-17(13-5-3-4-6-14(13)19)16-10-11-9-12(18)7-8-15(11)21-16/h3-10,17,20H,2H2,1H3. The lowest BCUT2D eigenvalue weighted by Crippen LogP contribution is -2.22. The minimum absolute atomic E-state index is 0.0503. The van der Waals surface area contributed by atoms with Crippen molar-refractivity contribution < 1.29 is 4.42 Å². The molecule has 1 unspecified atom stereocenters. The zero-order valence-corrected chi connectivity index (χ0v) is 14.5. The molecule has 21 heavy (non-hydrogen) atoms. The van der Waals surface area contributed by atoms with E-state index in [4.69, 9.17) is 16.0 Å². The zero-order valence-electron chi connectivity index (χ0n) is 11.6. The highest BCUT2D eigenvalue weighted by Gasteiger charge is 2.19. The first kappa shape index (κ1) is 14.9. The lowest BCUT2D eigenvalue weighted by molar-refractivity contribution is 0.476. The smallest absolute Gasteiger partial charge is 0.134 e. The summed E-state index contributed by atoms with van der Waals surface area (Å²) in [6.07, 6.45) is 0. The number of halogens is 2. The van der Waals surface area contributed by atoms with Crippen LogP contribution in [0.5, 0.6) is 0 Å². The molecule has 0 aliphatic heterocycles. The van der Waals surface area contributed by atoms with Crippen molar-refractivity contribution in [3.8, 4) is 0 Å². The first-order valence-electron chi connectivity index (χ1n) is 6.86. The van der Waals surface area contributed by atoms with Crippen molar-refractivity contribution in [2.45, 2.75) is 13.0 Å². The third-order valence-electron chi connectivity index (χ3n) is 3.41. The van der Waals surface area contributed by atoms with E-state index in [1.807, 2.05) is 24.3 Å². The Bertz CT molecular complexity index is 768. The molecule has 0 saturated heterocycles. The molecule has 0 spiro atoms. The Hall–Kier alpha value is -1.04. The highest BCUT2D eigenvalue weighted by Crippen LogP contribution is 2.31. The van der Waals surface area contributed by atoms with E-state index >= 15 is 0 Å². The molecular formula is C17H15ClINO. The lowest BCUT2D eigenvalue weighted by Gasteiger charge is -2.17. The van der Waals surface area contributed by atoms with Gasteiger partial charge in [-0.3, -0.25) is 0 Å². The van der Waals surface area contributed by atoms with Crippen molar-refractivity contribution in [3.05, 3.63) is 68.4 Å². The molecule has 1 heterocycles. The Morgan fingerprint density at radius 3 is 2.76 bits per heavy atom. The van der Waals surface area contributed by atoms with Gasteiger partial charge >= 0.3 is 0 Å². The average molecular weight is 412 g/mol. The fourth-order valence-corrected chi connectivity index (χ4v) is 3.33. The summed E-state index contributed by atoms with van der Waals surface area (Å²) < 4.78 is 7.24. The molecule has 1 aromatic heterocycles. The SMILES string of the molecule is CCNC(c1cc2cc(Cl)ccc2o1)c1ccccc1I. The van der Waals surface area contributed by atoms with E-state index in [1.165, 1.54) is 9.13 Å². The van der Waals surface area contributed by atoms with Crippen LogP contribution in [0.1, 0.15) is 24.3 Å². The van der Waals surface area contributed by atoms with Crippen LogP contribution in [0.15, 0.2) is 52.9 Å². The Balaban J connectivity index is 2.09. The predicted molar refractivity (Wildman–Crippen MR) is 95.9 cm³/mol. The molecule has 108 valence electrons. The summed E-state index contributed by atoms with van der Waals surface area (Å²) in [4.78, 5) is 0. The zero-order chi connectivity index (χ0) is 14.8. The van der Waals surface area contributed by atoms with Crippen molar-refractivity contribution in [1.82, 2.24) is 5.32 Å². The number of benzene rings is 2. The summed E-state index contributed by atoms with van der Waals surface area (Å²) in [6.45, 7) is 2.97. The van der Waals surface area contributed by atoms with Crippen molar-refractivity contribution in [1.29, 1.82) is 0 Å². The molecule has 1 N–H and O–H groups in total. The van der Waals surface area contributed by atoms with E-state index in [0.29, 0.717) is 0 Å². The molecule has 2 aromatic carbocycles. The van der Waals surface area contributed by atoms with Crippen molar-refractivity contribution in [3.63, 3.8) is 0 Å². The number of nitrogens with one attached hydrogen (secondary N) is 1. The minimum Gasteiger partial charge on any atom is -0.459 e. The normalized spacial score (nSPS) is 12.7. The minimum atomic E-state index is 0.0503. The summed E-state index contributed by atoms with van der Waals surface area (Å²) in [6, 6.07) is 16.2. The fraction of sp³-hybridized carbons (Fsp3) is 0.176. The van der Waals surface area contributed by atoms with Gasteiger partial charge in [-0.15, -0.1) is 0 Å². The van der Waals surface area contributed by atoms with Crippen LogP contribution in [0.3, 0.4) is 0 Å². The monoisotopic (exact) mass is 411 g/mol. The van der Waals surface area contributed by atoms with Gasteiger partial charge in [-0.2, -0.15) is 0 Å². The van der Waals surface area contributed by atoms with E-state index in [1.54, 1.807) is 0 Å². The molecule has 3 aromatic rings. The van der Waals surface area contributed by atoms with E-state index < -0.39 is 0 Å².